The highest BCUT2D eigenvalue weighted by atomic mass is 16.1. The lowest BCUT2D eigenvalue weighted by molar-refractivity contribution is 0.0939. The summed E-state index contributed by atoms with van der Waals surface area (Å²) in [7, 11) is 0. The molecule has 0 bridgehead atoms. The van der Waals surface area contributed by atoms with E-state index in [-0.39, 0.29) is 11.9 Å². The monoisotopic (exact) mass is 282 g/mol. The highest BCUT2D eigenvalue weighted by Crippen LogP contribution is 2.16. The highest BCUT2D eigenvalue weighted by molar-refractivity contribution is 5.99. The van der Waals surface area contributed by atoms with Crippen LogP contribution < -0.4 is 11.1 Å². The first-order chi connectivity index (χ1) is 10.1. The van der Waals surface area contributed by atoms with Crippen LogP contribution in [0, 0.1) is 6.92 Å². The largest absolute Gasteiger partial charge is 0.398 e. The van der Waals surface area contributed by atoms with Gasteiger partial charge >= 0.3 is 0 Å². The molecule has 3 N–H and O–H groups in total. The zero-order valence-electron chi connectivity index (χ0n) is 12.6. The third-order valence-electron chi connectivity index (χ3n) is 3.66. The Bertz CT molecular complexity index is 608. The van der Waals surface area contributed by atoms with Gasteiger partial charge in [0.15, 0.2) is 0 Å². The van der Waals surface area contributed by atoms with E-state index in [9.17, 15) is 4.79 Å². The molecular weight excluding hydrogens is 260 g/mol. The first kappa shape index (κ1) is 15.1. The third kappa shape index (κ3) is 4.09. The number of carbonyl (C=O) groups excluding carboxylic acids is 1. The summed E-state index contributed by atoms with van der Waals surface area (Å²) in [5.74, 6) is -0.100. The fourth-order valence-corrected chi connectivity index (χ4v) is 2.28. The van der Waals surface area contributed by atoms with Crippen LogP contribution in [0.2, 0.25) is 0 Å². The van der Waals surface area contributed by atoms with Crippen molar-refractivity contribution in [3.05, 3.63) is 65.2 Å². The predicted molar refractivity (Wildman–Crippen MR) is 87.3 cm³/mol. The first-order valence-corrected chi connectivity index (χ1v) is 7.28. The molecule has 110 valence electrons. The molecule has 21 heavy (non-hydrogen) atoms. The average Bonchev–Trinajstić information content (AvgIpc) is 2.49. The topological polar surface area (TPSA) is 55.1 Å². The fourth-order valence-electron chi connectivity index (χ4n) is 2.28. The number of hydrogen-bond donors (Lipinski definition) is 2. The quantitative estimate of drug-likeness (QED) is 0.826. The van der Waals surface area contributed by atoms with Gasteiger partial charge in [-0.15, -0.1) is 0 Å². The zero-order chi connectivity index (χ0) is 15.2. The maximum Gasteiger partial charge on any atom is 0.253 e. The molecule has 1 atom stereocenters. The average molecular weight is 282 g/mol. The summed E-state index contributed by atoms with van der Waals surface area (Å²) in [4.78, 5) is 12.2. The van der Waals surface area contributed by atoms with Crippen LogP contribution in [-0.4, -0.2) is 11.9 Å². The lowest BCUT2D eigenvalue weighted by Gasteiger charge is -2.15. The van der Waals surface area contributed by atoms with E-state index < -0.39 is 0 Å². The molecule has 0 saturated carbocycles. The van der Waals surface area contributed by atoms with Gasteiger partial charge in [0.05, 0.1) is 5.56 Å². The number of nitrogens with two attached hydrogens (primary N) is 1. The number of rotatable bonds is 5. The zero-order valence-corrected chi connectivity index (χ0v) is 12.6. The van der Waals surface area contributed by atoms with Gasteiger partial charge in [0, 0.05) is 11.7 Å². The van der Waals surface area contributed by atoms with Crippen molar-refractivity contribution in [1.82, 2.24) is 5.32 Å². The number of nitrogens with one attached hydrogen (secondary N) is 1. The van der Waals surface area contributed by atoms with Crippen molar-refractivity contribution in [3.8, 4) is 0 Å². The SMILES string of the molecule is Cc1cccc(C(=O)NC(C)CCc2ccccc2)c1N. The van der Waals surface area contributed by atoms with E-state index in [2.05, 4.69) is 17.4 Å². The van der Waals surface area contributed by atoms with Gasteiger partial charge in [0.1, 0.15) is 0 Å². The minimum Gasteiger partial charge on any atom is -0.398 e. The van der Waals surface area contributed by atoms with Crippen molar-refractivity contribution < 1.29 is 4.79 Å². The molecule has 1 unspecified atom stereocenters. The maximum absolute atomic E-state index is 12.2. The third-order valence-corrected chi connectivity index (χ3v) is 3.66. The molecule has 0 aliphatic rings. The number of hydrogen-bond acceptors (Lipinski definition) is 2. The Balaban J connectivity index is 1.92. The molecule has 1 amide bonds. The second-order valence-electron chi connectivity index (χ2n) is 5.43. The Morgan fingerprint density at radius 2 is 1.86 bits per heavy atom. The molecule has 0 saturated heterocycles. The second-order valence-corrected chi connectivity index (χ2v) is 5.43. The fraction of sp³-hybridized carbons (Fsp3) is 0.278. The summed E-state index contributed by atoms with van der Waals surface area (Å²) in [6.07, 6.45) is 1.85. The van der Waals surface area contributed by atoms with Crippen molar-refractivity contribution in [2.24, 2.45) is 0 Å². The molecule has 3 heteroatoms. The van der Waals surface area contributed by atoms with Gasteiger partial charge in [-0.2, -0.15) is 0 Å². The van der Waals surface area contributed by atoms with Crippen molar-refractivity contribution in [1.29, 1.82) is 0 Å². The Kier molecular flexibility index (Phi) is 4.99. The van der Waals surface area contributed by atoms with Gasteiger partial charge in [-0.05, 0) is 43.9 Å². The van der Waals surface area contributed by atoms with Crippen LogP contribution >= 0.6 is 0 Å². The van der Waals surface area contributed by atoms with Gasteiger partial charge in [-0.25, -0.2) is 0 Å². The standard InChI is InChI=1S/C18H22N2O/c1-13-7-6-10-16(17(13)19)18(21)20-14(2)11-12-15-8-4-3-5-9-15/h3-10,14H,11-12,19H2,1-2H3,(H,20,21). The molecule has 3 nitrogen and oxygen atoms in total. The normalized spacial score (nSPS) is 11.9. The first-order valence-electron chi connectivity index (χ1n) is 7.28. The van der Waals surface area contributed by atoms with Gasteiger partial charge in [0.25, 0.3) is 5.91 Å². The van der Waals surface area contributed by atoms with Gasteiger partial charge in [-0.3, -0.25) is 4.79 Å². The van der Waals surface area contributed by atoms with Crippen LogP contribution in [0.3, 0.4) is 0 Å². The van der Waals surface area contributed by atoms with Crippen molar-refractivity contribution in [2.75, 3.05) is 5.73 Å². The number of para-hydroxylation sites is 1. The number of aryl methyl sites for hydroxylation is 2. The van der Waals surface area contributed by atoms with E-state index in [1.165, 1.54) is 5.56 Å². The lowest BCUT2D eigenvalue weighted by Crippen LogP contribution is -2.33. The van der Waals surface area contributed by atoms with Crippen LogP contribution in [0.25, 0.3) is 0 Å². The van der Waals surface area contributed by atoms with Crippen LogP contribution in [0.4, 0.5) is 5.69 Å². The van der Waals surface area contributed by atoms with Crippen LogP contribution in [0.5, 0.6) is 0 Å². The summed E-state index contributed by atoms with van der Waals surface area (Å²) in [5.41, 5.74) is 9.30. The Morgan fingerprint density at radius 1 is 1.14 bits per heavy atom. The molecule has 0 heterocycles. The summed E-state index contributed by atoms with van der Waals surface area (Å²) < 4.78 is 0. The number of amides is 1. The summed E-state index contributed by atoms with van der Waals surface area (Å²) in [6, 6.07) is 15.9. The summed E-state index contributed by atoms with van der Waals surface area (Å²) in [5, 5.41) is 3.02. The van der Waals surface area contributed by atoms with Crippen LogP contribution in [-0.2, 0) is 6.42 Å². The smallest absolute Gasteiger partial charge is 0.253 e. The van der Waals surface area contributed by atoms with E-state index in [0.717, 1.165) is 18.4 Å². The molecule has 2 rings (SSSR count). The number of nitrogen functional groups attached to an aromatic ring is 1. The molecule has 0 aliphatic heterocycles. The second kappa shape index (κ2) is 6.93. The lowest BCUT2D eigenvalue weighted by atomic mass is 10.0. The molecule has 2 aromatic carbocycles. The molecule has 0 aliphatic carbocycles. The summed E-state index contributed by atoms with van der Waals surface area (Å²) in [6.45, 7) is 3.93. The van der Waals surface area contributed by atoms with Gasteiger partial charge in [0.2, 0.25) is 0 Å². The van der Waals surface area contributed by atoms with Crippen LogP contribution in [0.1, 0.15) is 34.8 Å². The highest BCUT2D eigenvalue weighted by Gasteiger charge is 2.13. The Hall–Kier alpha value is -2.29. The number of anilines is 1. The minimum absolute atomic E-state index is 0.100. The number of carbonyl (C=O) groups is 1. The van der Waals surface area contributed by atoms with E-state index in [0.29, 0.717) is 11.3 Å². The van der Waals surface area contributed by atoms with E-state index >= 15 is 0 Å². The van der Waals surface area contributed by atoms with E-state index in [1.54, 1.807) is 6.07 Å². The molecule has 2 aromatic rings. The molecule has 0 aromatic heterocycles. The Morgan fingerprint density at radius 3 is 2.57 bits per heavy atom. The maximum atomic E-state index is 12.2. The van der Waals surface area contributed by atoms with E-state index in [4.69, 9.17) is 5.73 Å². The number of benzene rings is 2. The van der Waals surface area contributed by atoms with Crippen molar-refractivity contribution >= 4 is 11.6 Å². The van der Waals surface area contributed by atoms with Crippen LogP contribution in [0.15, 0.2) is 48.5 Å². The molecule has 0 radical (unpaired) electrons. The van der Waals surface area contributed by atoms with E-state index in [1.807, 2.05) is 44.2 Å². The van der Waals surface area contributed by atoms with Crippen molar-refractivity contribution in [3.63, 3.8) is 0 Å². The summed E-state index contributed by atoms with van der Waals surface area (Å²) >= 11 is 0. The van der Waals surface area contributed by atoms with Crippen molar-refractivity contribution in [2.45, 2.75) is 32.7 Å². The molecule has 0 fully saturated rings. The van der Waals surface area contributed by atoms with Gasteiger partial charge < -0.3 is 11.1 Å². The molecular formula is C18H22N2O. The Labute approximate surface area is 126 Å². The molecule has 0 spiro atoms. The van der Waals surface area contributed by atoms with Gasteiger partial charge in [-0.1, -0.05) is 42.5 Å². The minimum atomic E-state index is -0.100. The predicted octanol–water partition coefficient (Wildman–Crippen LogP) is 3.33.